The number of carbonyl (C=O) groups excluding carboxylic acids is 1. The Morgan fingerprint density at radius 2 is 1.92 bits per heavy atom. The molecule has 1 amide bonds. The highest BCUT2D eigenvalue weighted by atomic mass is 16.5. The van der Waals surface area contributed by atoms with Crippen molar-refractivity contribution in [2.24, 2.45) is 30.5 Å². The molecule has 2 N–H and O–H groups in total. The third-order valence-corrected chi connectivity index (χ3v) is 7.07. The fourth-order valence-corrected chi connectivity index (χ4v) is 5.60. The zero-order valence-corrected chi connectivity index (χ0v) is 16.3. The maximum absolute atomic E-state index is 13.5. The Balaban J connectivity index is 1.57. The van der Waals surface area contributed by atoms with E-state index in [0.717, 1.165) is 29.8 Å². The predicted molar refractivity (Wildman–Crippen MR) is 99.5 cm³/mol. The fourth-order valence-electron chi connectivity index (χ4n) is 5.60. The summed E-state index contributed by atoms with van der Waals surface area (Å²) in [5.74, 6) is 1.49. The van der Waals surface area contributed by atoms with Crippen molar-refractivity contribution in [1.82, 2.24) is 14.7 Å². The summed E-state index contributed by atoms with van der Waals surface area (Å²) in [5, 5.41) is 4.56. The minimum atomic E-state index is -0.0135. The topological polar surface area (TPSA) is 73.4 Å². The van der Waals surface area contributed by atoms with E-state index in [-0.39, 0.29) is 12.0 Å². The number of aryl methyl sites for hydroxylation is 2. The lowest BCUT2D eigenvalue weighted by molar-refractivity contribution is -0.147. The molecule has 4 rings (SSSR count). The van der Waals surface area contributed by atoms with E-state index in [0.29, 0.717) is 43.5 Å². The molecule has 0 spiro atoms. The normalized spacial score (nSPS) is 34.8. The summed E-state index contributed by atoms with van der Waals surface area (Å²) in [6.07, 6.45) is 5.58. The molecule has 0 radical (unpaired) electrons. The van der Waals surface area contributed by atoms with Gasteiger partial charge in [-0.1, -0.05) is 6.42 Å². The van der Waals surface area contributed by atoms with Crippen LogP contribution in [0.15, 0.2) is 0 Å². The summed E-state index contributed by atoms with van der Waals surface area (Å²) in [7, 11) is 1.96. The molecule has 1 saturated heterocycles. The third-order valence-electron chi connectivity index (χ3n) is 7.07. The Labute approximate surface area is 156 Å². The summed E-state index contributed by atoms with van der Waals surface area (Å²) >= 11 is 0. The van der Waals surface area contributed by atoms with Crippen molar-refractivity contribution in [2.45, 2.75) is 58.0 Å². The van der Waals surface area contributed by atoms with Crippen LogP contribution in [0.1, 0.15) is 55.1 Å². The van der Waals surface area contributed by atoms with Gasteiger partial charge < -0.3 is 15.4 Å². The van der Waals surface area contributed by atoms with Crippen LogP contribution in [0.3, 0.4) is 0 Å². The molecule has 2 bridgehead atoms. The lowest BCUT2D eigenvalue weighted by Gasteiger charge is -2.46. The van der Waals surface area contributed by atoms with E-state index in [4.69, 9.17) is 10.5 Å². The van der Waals surface area contributed by atoms with Crippen LogP contribution < -0.4 is 5.73 Å². The average Bonchev–Trinajstić information content (AvgIpc) is 2.86. The van der Waals surface area contributed by atoms with Gasteiger partial charge in [-0.05, 0) is 51.4 Å². The number of nitrogens with two attached hydrogens (primary N) is 1. The Morgan fingerprint density at radius 3 is 2.54 bits per heavy atom. The van der Waals surface area contributed by atoms with Gasteiger partial charge in [-0.2, -0.15) is 5.10 Å². The number of hydrogen-bond acceptors (Lipinski definition) is 4. The first-order valence-electron chi connectivity index (χ1n) is 10.1. The molecule has 1 aromatic rings. The molecule has 3 fully saturated rings. The molecule has 144 valence electrons. The number of hydrogen-bond donors (Lipinski definition) is 1. The van der Waals surface area contributed by atoms with Gasteiger partial charge in [-0.25, -0.2) is 0 Å². The highest BCUT2D eigenvalue weighted by Gasteiger charge is 2.43. The Hall–Kier alpha value is -1.40. The van der Waals surface area contributed by atoms with Gasteiger partial charge in [-0.3, -0.25) is 9.48 Å². The second-order valence-corrected chi connectivity index (χ2v) is 8.53. The largest absolute Gasteiger partial charge is 0.377 e. The van der Waals surface area contributed by atoms with Crippen LogP contribution in [0.4, 0.5) is 0 Å². The molecular weight excluding hydrogens is 328 g/mol. The zero-order chi connectivity index (χ0) is 18.4. The van der Waals surface area contributed by atoms with E-state index in [9.17, 15) is 4.79 Å². The lowest BCUT2D eigenvalue weighted by Crippen LogP contribution is -2.52. The first-order valence-corrected chi connectivity index (χ1v) is 10.1. The molecule has 1 aliphatic heterocycles. The maximum Gasteiger partial charge on any atom is 0.226 e. The van der Waals surface area contributed by atoms with Gasteiger partial charge in [0.1, 0.15) is 0 Å². The minimum Gasteiger partial charge on any atom is -0.377 e. The number of carbonyl (C=O) groups is 1. The first-order chi connectivity index (χ1) is 12.5. The van der Waals surface area contributed by atoms with Gasteiger partial charge in [0.25, 0.3) is 0 Å². The molecule has 2 heterocycles. The highest BCUT2D eigenvalue weighted by Crippen LogP contribution is 2.43. The van der Waals surface area contributed by atoms with Gasteiger partial charge >= 0.3 is 0 Å². The van der Waals surface area contributed by atoms with Crippen LogP contribution in [-0.4, -0.2) is 46.4 Å². The Bertz CT molecular complexity index is 672. The monoisotopic (exact) mass is 360 g/mol. The number of amides is 1. The van der Waals surface area contributed by atoms with Crippen molar-refractivity contribution in [3.8, 4) is 0 Å². The van der Waals surface area contributed by atoms with Crippen molar-refractivity contribution in [2.75, 3.05) is 19.8 Å². The van der Waals surface area contributed by atoms with Gasteiger partial charge in [0.05, 0.1) is 24.9 Å². The molecule has 2 aliphatic carbocycles. The molecule has 6 nitrogen and oxygen atoms in total. The van der Waals surface area contributed by atoms with E-state index in [1.807, 2.05) is 18.7 Å². The summed E-state index contributed by atoms with van der Waals surface area (Å²) in [5.41, 5.74) is 9.71. The molecular formula is C20H32N4O2. The molecule has 3 atom stereocenters. The number of aromatic nitrogens is 2. The van der Waals surface area contributed by atoms with Crippen LogP contribution >= 0.6 is 0 Å². The van der Waals surface area contributed by atoms with E-state index >= 15 is 0 Å². The lowest BCUT2D eigenvalue weighted by atomic mass is 9.65. The van der Waals surface area contributed by atoms with Gasteiger partial charge in [0, 0.05) is 36.8 Å². The highest BCUT2D eigenvalue weighted by molar-refractivity contribution is 5.80. The van der Waals surface area contributed by atoms with Crippen LogP contribution in [0, 0.1) is 31.6 Å². The van der Waals surface area contributed by atoms with Crippen molar-refractivity contribution in [1.29, 1.82) is 0 Å². The second kappa shape index (κ2) is 6.97. The summed E-state index contributed by atoms with van der Waals surface area (Å²) in [4.78, 5) is 15.6. The molecule has 2 saturated carbocycles. The molecule has 0 aromatic carbocycles. The number of nitrogens with zero attached hydrogens (tertiary/aromatic N) is 3. The third kappa shape index (κ3) is 2.97. The standard InChI is InChI=1S/C20H32N4O2/c1-12-18(13(2)23(3)22-12)17-11-26-8-7-24(17)20(25)16-9-14-5-4-6-15(10-16)19(14)21/h14-17,19H,4-11,21H2,1-3H3. The maximum atomic E-state index is 13.5. The first kappa shape index (κ1) is 18.0. The van der Waals surface area contributed by atoms with E-state index in [2.05, 4.69) is 16.9 Å². The van der Waals surface area contributed by atoms with Crippen LogP contribution in [0.5, 0.6) is 0 Å². The van der Waals surface area contributed by atoms with Crippen molar-refractivity contribution in [3.63, 3.8) is 0 Å². The smallest absolute Gasteiger partial charge is 0.226 e. The van der Waals surface area contributed by atoms with Gasteiger partial charge in [-0.15, -0.1) is 0 Å². The number of rotatable bonds is 2. The van der Waals surface area contributed by atoms with Crippen molar-refractivity contribution in [3.05, 3.63) is 17.0 Å². The van der Waals surface area contributed by atoms with Gasteiger partial charge in [0.15, 0.2) is 0 Å². The summed E-state index contributed by atoms with van der Waals surface area (Å²) in [6.45, 7) is 5.98. The van der Waals surface area contributed by atoms with E-state index < -0.39 is 0 Å². The summed E-state index contributed by atoms with van der Waals surface area (Å²) in [6, 6.07) is 0.288. The van der Waals surface area contributed by atoms with E-state index in [1.54, 1.807) is 0 Å². The molecule has 6 heteroatoms. The van der Waals surface area contributed by atoms with Crippen LogP contribution in [0.25, 0.3) is 0 Å². The number of fused-ring (bicyclic) bond motifs is 2. The quantitative estimate of drug-likeness (QED) is 0.876. The Kier molecular flexibility index (Phi) is 4.82. The number of morpholine rings is 1. The Morgan fingerprint density at radius 1 is 1.23 bits per heavy atom. The van der Waals surface area contributed by atoms with Crippen molar-refractivity contribution < 1.29 is 9.53 Å². The molecule has 3 unspecified atom stereocenters. The molecule has 3 aliphatic rings. The molecule has 1 aromatic heterocycles. The van der Waals surface area contributed by atoms with Crippen molar-refractivity contribution >= 4 is 5.91 Å². The summed E-state index contributed by atoms with van der Waals surface area (Å²) < 4.78 is 7.67. The van der Waals surface area contributed by atoms with Crippen LogP contribution in [-0.2, 0) is 16.6 Å². The van der Waals surface area contributed by atoms with E-state index in [1.165, 1.54) is 19.3 Å². The SMILES string of the molecule is Cc1nn(C)c(C)c1C1COCCN1C(=O)C1CC2CCCC(C1)C2N. The second-order valence-electron chi connectivity index (χ2n) is 8.53. The molecule has 26 heavy (non-hydrogen) atoms. The van der Waals surface area contributed by atoms with Gasteiger partial charge in [0.2, 0.25) is 5.91 Å². The average molecular weight is 361 g/mol. The fraction of sp³-hybridized carbons (Fsp3) is 0.800. The zero-order valence-electron chi connectivity index (χ0n) is 16.3. The number of ether oxygens (including phenoxy) is 1. The predicted octanol–water partition coefficient (Wildman–Crippen LogP) is 2.09. The minimum absolute atomic E-state index is 0.0135. The van der Waals surface area contributed by atoms with Crippen LogP contribution in [0.2, 0.25) is 0 Å².